The van der Waals surface area contributed by atoms with Gasteiger partial charge in [-0.3, -0.25) is 9.59 Å². The highest BCUT2D eigenvalue weighted by Gasteiger charge is 2.16. The minimum absolute atomic E-state index is 0.0701. The number of carbonyl (C=O) groups is 2. The zero-order valence-electron chi connectivity index (χ0n) is 15.2. The van der Waals surface area contributed by atoms with Gasteiger partial charge in [-0.1, -0.05) is 29.8 Å². The fourth-order valence-corrected chi connectivity index (χ4v) is 2.93. The third-order valence-electron chi connectivity index (χ3n) is 4.20. The highest BCUT2D eigenvalue weighted by atomic mass is 35.5. The van der Waals surface area contributed by atoms with Crippen LogP contribution in [0.2, 0.25) is 5.02 Å². The summed E-state index contributed by atoms with van der Waals surface area (Å²) in [6.45, 7) is 2.43. The minimum atomic E-state index is -0.554. The Labute approximate surface area is 167 Å². The monoisotopic (exact) mass is 396 g/mol. The molecule has 0 aliphatic carbocycles. The summed E-state index contributed by atoms with van der Waals surface area (Å²) in [5.74, 6) is -1.08. The lowest BCUT2D eigenvalue weighted by atomic mass is 10.1. The Bertz CT molecular complexity index is 991. The quantitative estimate of drug-likeness (QED) is 0.627. The van der Waals surface area contributed by atoms with Crippen LogP contribution in [0.15, 0.2) is 72.8 Å². The fraction of sp³-hybridized carbons (Fsp3) is 0.0909. The molecule has 2 amide bonds. The van der Waals surface area contributed by atoms with Crippen LogP contribution in [-0.4, -0.2) is 18.4 Å². The lowest BCUT2D eigenvalue weighted by molar-refractivity contribution is 0.0985. The van der Waals surface area contributed by atoms with Gasteiger partial charge in [-0.2, -0.15) is 0 Å². The van der Waals surface area contributed by atoms with Crippen molar-refractivity contribution < 1.29 is 14.0 Å². The molecule has 0 aliphatic heterocycles. The van der Waals surface area contributed by atoms with Crippen LogP contribution in [0.5, 0.6) is 0 Å². The van der Waals surface area contributed by atoms with Gasteiger partial charge < -0.3 is 10.2 Å². The lowest BCUT2D eigenvalue weighted by Crippen LogP contribution is -2.30. The maximum absolute atomic E-state index is 13.2. The molecule has 28 heavy (non-hydrogen) atoms. The van der Waals surface area contributed by atoms with Gasteiger partial charge in [0.2, 0.25) is 0 Å². The molecule has 0 spiro atoms. The number of benzene rings is 3. The number of nitrogens with one attached hydrogen (secondary N) is 1. The third-order valence-corrected chi connectivity index (χ3v) is 4.49. The van der Waals surface area contributed by atoms with E-state index in [1.54, 1.807) is 29.2 Å². The normalized spacial score (nSPS) is 10.4. The van der Waals surface area contributed by atoms with Gasteiger partial charge in [0.05, 0.1) is 5.02 Å². The number of carbonyl (C=O) groups excluding carboxylic acids is 2. The average Bonchev–Trinajstić information content (AvgIpc) is 2.72. The van der Waals surface area contributed by atoms with Crippen molar-refractivity contribution in [3.63, 3.8) is 0 Å². The average molecular weight is 397 g/mol. The fourth-order valence-electron chi connectivity index (χ4n) is 2.75. The van der Waals surface area contributed by atoms with Crippen molar-refractivity contribution in [3.8, 4) is 0 Å². The SMILES string of the molecule is CCN(C(=O)c1ccc(C(=O)Nc2ccc(F)c(Cl)c2)cc1)c1ccccc1. The summed E-state index contributed by atoms with van der Waals surface area (Å²) >= 11 is 5.72. The van der Waals surface area contributed by atoms with Gasteiger partial charge in [-0.05, 0) is 61.5 Å². The standard InChI is InChI=1S/C22H18ClFN2O2/c1-2-26(18-6-4-3-5-7-18)22(28)16-10-8-15(9-11-16)21(27)25-17-12-13-20(24)19(23)14-17/h3-14H,2H2,1H3,(H,25,27). The van der Waals surface area contributed by atoms with E-state index >= 15 is 0 Å². The van der Waals surface area contributed by atoms with Crippen LogP contribution in [-0.2, 0) is 0 Å². The predicted molar refractivity (Wildman–Crippen MR) is 110 cm³/mol. The van der Waals surface area contributed by atoms with E-state index in [1.807, 2.05) is 37.3 Å². The molecule has 0 bridgehead atoms. The second kappa shape index (κ2) is 8.67. The number of rotatable bonds is 5. The third kappa shape index (κ3) is 4.38. The van der Waals surface area contributed by atoms with Crippen LogP contribution in [0.4, 0.5) is 15.8 Å². The molecule has 0 saturated carbocycles. The lowest BCUT2D eigenvalue weighted by Gasteiger charge is -2.21. The van der Waals surface area contributed by atoms with Crippen LogP contribution in [0.1, 0.15) is 27.6 Å². The molecule has 4 nitrogen and oxygen atoms in total. The molecule has 3 rings (SSSR count). The van der Waals surface area contributed by atoms with Crippen LogP contribution in [0.3, 0.4) is 0 Å². The summed E-state index contributed by atoms with van der Waals surface area (Å²) in [5, 5.41) is 2.58. The largest absolute Gasteiger partial charge is 0.322 e. The number of nitrogens with zero attached hydrogens (tertiary/aromatic N) is 1. The van der Waals surface area contributed by atoms with Crippen molar-refractivity contribution in [2.75, 3.05) is 16.8 Å². The summed E-state index contributed by atoms with van der Waals surface area (Å²) < 4.78 is 13.2. The first-order chi connectivity index (χ1) is 13.5. The summed E-state index contributed by atoms with van der Waals surface area (Å²) in [5.41, 5.74) is 2.05. The molecule has 0 fully saturated rings. The van der Waals surface area contributed by atoms with Crippen molar-refractivity contribution in [1.29, 1.82) is 0 Å². The zero-order valence-corrected chi connectivity index (χ0v) is 15.9. The van der Waals surface area contributed by atoms with E-state index in [9.17, 15) is 14.0 Å². The number of hydrogen-bond acceptors (Lipinski definition) is 2. The molecular weight excluding hydrogens is 379 g/mol. The van der Waals surface area contributed by atoms with Crippen molar-refractivity contribution >= 4 is 34.8 Å². The van der Waals surface area contributed by atoms with E-state index in [2.05, 4.69) is 5.32 Å². The molecule has 3 aromatic rings. The van der Waals surface area contributed by atoms with Gasteiger partial charge in [-0.25, -0.2) is 4.39 Å². The van der Waals surface area contributed by atoms with E-state index in [-0.39, 0.29) is 16.8 Å². The molecule has 3 aromatic carbocycles. The molecular formula is C22H18ClFN2O2. The van der Waals surface area contributed by atoms with E-state index in [1.165, 1.54) is 18.2 Å². The number of amides is 2. The minimum Gasteiger partial charge on any atom is -0.322 e. The smallest absolute Gasteiger partial charge is 0.258 e. The van der Waals surface area contributed by atoms with Crippen molar-refractivity contribution in [2.45, 2.75) is 6.92 Å². The molecule has 0 aliphatic rings. The van der Waals surface area contributed by atoms with E-state index in [0.717, 1.165) is 5.69 Å². The maximum atomic E-state index is 13.2. The molecule has 0 heterocycles. The van der Waals surface area contributed by atoms with E-state index in [0.29, 0.717) is 23.4 Å². The van der Waals surface area contributed by atoms with Gasteiger partial charge >= 0.3 is 0 Å². The second-order valence-electron chi connectivity index (χ2n) is 6.05. The first-order valence-electron chi connectivity index (χ1n) is 8.73. The van der Waals surface area contributed by atoms with Crippen LogP contribution < -0.4 is 10.2 Å². The molecule has 0 aromatic heterocycles. The summed E-state index contributed by atoms with van der Waals surface area (Å²) in [4.78, 5) is 26.8. The summed E-state index contributed by atoms with van der Waals surface area (Å²) in [6, 6.07) is 19.7. The molecule has 0 radical (unpaired) electrons. The molecule has 1 N–H and O–H groups in total. The molecule has 0 unspecified atom stereocenters. The number of anilines is 2. The van der Waals surface area contributed by atoms with Crippen molar-refractivity contribution in [1.82, 2.24) is 0 Å². The predicted octanol–water partition coefficient (Wildman–Crippen LogP) is 5.40. The molecule has 0 saturated heterocycles. The first-order valence-corrected chi connectivity index (χ1v) is 9.10. The Balaban J connectivity index is 1.74. The van der Waals surface area contributed by atoms with Crippen LogP contribution in [0.25, 0.3) is 0 Å². The maximum Gasteiger partial charge on any atom is 0.258 e. The number of hydrogen-bond donors (Lipinski definition) is 1. The Morgan fingerprint density at radius 1 is 0.964 bits per heavy atom. The van der Waals surface area contributed by atoms with E-state index in [4.69, 9.17) is 11.6 Å². The molecule has 6 heteroatoms. The topological polar surface area (TPSA) is 49.4 Å². The van der Waals surface area contributed by atoms with Gasteiger partial charge in [0.15, 0.2) is 0 Å². The van der Waals surface area contributed by atoms with Gasteiger partial charge in [-0.15, -0.1) is 0 Å². The van der Waals surface area contributed by atoms with Crippen LogP contribution >= 0.6 is 11.6 Å². The highest BCUT2D eigenvalue weighted by Crippen LogP contribution is 2.21. The summed E-state index contributed by atoms with van der Waals surface area (Å²) in [7, 11) is 0. The van der Waals surface area contributed by atoms with Crippen LogP contribution in [0, 0.1) is 5.82 Å². The second-order valence-corrected chi connectivity index (χ2v) is 6.45. The number of halogens is 2. The van der Waals surface area contributed by atoms with Crippen molar-refractivity contribution in [2.24, 2.45) is 0 Å². The van der Waals surface area contributed by atoms with E-state index < -0.39 is 5.82 Å². The van der Waals surface area contributed by atoms with Gasteiger partial charge in [0, 0.05) is 29.0 Å². The van der Waals surface area contributed by atoms with Crippen molar-refractivity contribution in [3.05, 3.63) is 94.8 Å². The molecule has 0 atom stereocenters. The Kier molecular flexibility index (Phi) is 6.06. The Hall–Kier alpha value is -3.18. The first kappa shape index (κ1) is 19.6. The highest BCUT2D eigenvalue weighted by molar-refractivity contribution is 6.31. The number of para-hydroxylation sites is 1. The zero-order chi connectivity index (χ0) is 20.1. The molecule has 142 valence electrons. The van der Waals surface area contributed by atoms with Gasteiger partial charge in [0.25, 0.3) is 11.8 Å². The summed E-state index contributed by atoms with van der Waals surface area (Å²) in [6.07, 6.45) is 0. The van der Waals surface area contributed by atoms with Gasteiger partial charge in [0.1, 0.15) is 5.82 Å². The Morgan fingerprint density at radius 3 is 2.21 bits per heavy atom. The Morgan fingerprint density at radius 2 is 1.61 bits per heavy atom.